The number of aliphatic hydroxyl groups is 2. The van der Waals surface area contributed by atoms with Gasteiger partial charge in [0.25, 0.3) is 0 Å². The molecule has 15 heteroatoms. The molecular weight excluding hydrogens is 719 g/mol. The normalized spacial score (nSPS) is 13.0. The predicted molar refractivity (Wildman–Crippen MR) is 259 cm³/mol. The van der Waals surface area contributed by atoms with Crippen LogP contribution in [0.25, 0.3) is 82.4 Å². The zero-order valence-corrected chi connectivity index (χ0v) is 32.1. The topological polar surface area (TPSA) is 58.3 Å². The van der Waals surface area contributed by atoms with Gasteiger partial charge in [0.05, 0.1) is 16.5 Å². The first kappa shape index (κ1) is 40.1. The van der Waals surface area contributed by atoms with E-state index in [1.807, 2.05) is 91.0 Å². The van der Waals surface area contributed by atoms with E-state index in [0.29, 0.717) is 55.0 Å². The highest BCUT2D eigenvalue weighted by Gasteiger charge is 2.42. The molecule has 9 aromatic rings. The van der Waals surface area contributed by atoms with E-state index in [4.69, 9.17) is 86.3 Å². The lowest BCUT2D eigenvalue weighted by molar-refractivity contribution is -0.00426. The van der Waals surface area contributed by atoms with Crippen LogP contribution in [-0.4, -0.2) is 111 Å². The molecule has 4 nitrogen and oxygen atoms in total. The first-order chi connectivity index (χ1) is 28.5. The van der Waals surface area contributed by atoms with Crippen LogP contribution in [0.15, 0.2) is 115 Å². The zero-order valence-electron chi connectivity index (χ0n) is 32.1. The van der Waals surface area contributed by atoms with Crippen molar-refractivity contribution in [2.45, 2.75) is 10.9 Å². The lowest BCUT2D eigenvalue weighted by atomic mass is 9.49. The molecule has 0 fully saturated rings. The highest BCUT2D eigenvalue weighted by Crippen LogP contribution is 2.42. The van der Waals surface area contributed by atoms with Gasteiger partial charge in [-0.2, -0.15) is 0 Å². The van der Waals surface area contributed by atoms with Crippen LogP contribution in [-0.2, 0) is 5.50 Å². The van der Waals surface area contributed by atoms with Gasteiger partial charge in [-0.15, -0.1) is 21.9 Å². The van der Waals surface area contributed by atoms with E-state index in [2.05, 4.69) is 4.98 Å². The largest absolute Gasteiger partial charge is 0.407 e. The minimum atomic E-state index is -2.74. The minimum Gasteiger partial charge on any atom is -0.407 e. The van der Waals surface area contributed by atoms with Crippen LogP contribution in [0, 0.1) is 0 Å². The molecule has 0 saturated heterocycles. The molecule has 0 amide bonds. The molecule has 0 aliphatic heterocycles. The van der Waals surface area contributed by atoms with Gasteiger partial charge in [-0.1, -0.05) is 101 Å². The Bertz CT molecular complexity index is 3200. The van der Waals surface area contributed by atoms with Crippen LogP contribution in [0.4, 0.5) is 0 Å². The first-order valence-electron chi connectivity index (χ1n) is 18.8. The van der Waals surface area contributed by atoms with E-state index >= 15 is 0 Å². The summed E-state index contributed by atoms with van der Waals surface area (Å²) >= 11 is 0. The number of benzene rings is 8. The fourth-order valence-corrected chi connectivity index (χ4v) is 8.27. The molecule has 0 bridgehead atoms. The summed E-state index contributed by atoms with van der Waals surface area (Å²) in [7, 11) is 72.1. The van der Waals surface area contributed by atoms with Gasteiger partial charge in [0.15, 0.2) is 0 Å². The van der Waals surface area contributed by atoms with Gasteiger partial charge in [0, 0.05) is 11.1 Å². The van der Waals surface area contributed by atoms with Gasteiger partial charge in [-0.25, -0.2) is 4.98 Å². The summed E-state index contributed by atoms with van der Waals surface area (Å²) in [5.74, 6) is -0.179. The van der Waals surface area contributed by atoms with Crippen molar-refractivity contribution in [1.29, 1.82) is 0 Å². The quantitative estimate of drug-likeness (QED) is 0.173. The predicted octanol–water partition coefficient (Wildman–Crippen LogP) is -0.867. The van der Waals surface area contributed by atoms with Crippen LogP contribution >= 0.6 is 0 Å². The lowest BCUT2D eigenvalue weighted by Gasteiger charge is -2.37. The summed E-state index contributed by atoms with van der Waals surface area (Å²) in [5, 5.41) is 23.1. The molecule has 60 heavy (non-hydrogen) atoms. The SMILES string of the molecule is [B]c1c([B])c([B])c2c(-c3ccc4ccccc4c3)c3c([B])c([B])c([B])c([B])c3c(-c3cccc(-c4cccc(-n5c(C([B])(O)C([B])([B])O)nc6ccccc65)c4)c3)c2c1[B]. The maximum atomic E-state index is 11.3. The van der Waals surface area contributed by atoms with Gasteiger partial charge in [-0.05, 0) is 102 Å². The summed E-state index contributed by atoms with van der Waals surface area (Å²) in [6.45, 7) is 0. The number of nitrogens with zero attached hydrogens (tertiary/aromatic N) is 2. The molecule has 1 aromatic heterocycles. The molecule has 256 valence electrons. The van der Waals surface area contributed by atoms with Crippen LogP contribution in [0.5, 0.6) is 0 Å². The van der Waals surface area contributed by atoms with Crippen molar-refractivity contribution >= 4 is 173 Å². The summed E-state index contributed by atoms with van der Waals surface area (Å²) in [6.07, 6.45) is 0. The fraction of sp³-hybridized carbons (Fsp3) is 0.0444. The van der Waals surface area contributed by atoms with Gasteiger partial charge < -0.3 is 10.2 Å². The molecule has 9 rings (SSSR count). The highest BCUT2D eigenvalue weighted by atomic mass is 16.3. The molecule has 1 atom stereocenters. The van der Waals surface area contributed by atoms with E-state index in [-0.39, 0.29) is 49.5 Å². The van der Waals surface area contributed by atoms with E-state index in [0.717, 1.165) is 27.5 Å². The molecule has 0 aliphatic carbocycles. The van der Waals surface area contributed by atoms with Crippen molar-refractivity contribution in [3.63, 3.8) is 0 Å². The third-order valence-electron chi connectivity index (χ3n) is 11.5. The van der Waals surface area contributed by atoms with Crippen LogP contribution < -0.4 is 43.7 Å². The number of hydrogen-bond acceptors (Lipinski definition) is 3. The average Bonchev–Trinajstić information content (AvgIpc) is 3.65. The summed E-state index contributed by atoms with van der Waals surface area (Å²) < 4.78 is 1.59. The molecule has 8 aromatic carbocycles. The number of hydrogen-bond donors (Lipinski definition) is 2. The smallest absolute Gasteiger partial charge is 0.138 e. The molecule has 0 spiro atoms. The Morgan fingerprint density at radius 2 is 0.900 bits per heavy atom. The van der Waals surface area contributed by atoms with Gasteiger partial charge in [-0.3, -0.25) is 4.57 Å². The first-order valence-corrected chi connectivity index (χ1v) is 18.8. The van der Waals surface area contributed by atoms with Crippen molar-refractivity contribution in [2.24, 2.45) is 0 Å². The van der Waals surface area contributed by atoms with Gasteiger partial charge in [0.1, 0.15) is 92.1 Å². The Balaban J connectivity index is 1.35. The molecule has 1 unspecified atom stereocenters. The molecule has 22 radical (unpaired) electrons. The maximum Gasteiger partial charge on any atom is 0.138 e. The second-order valence-corrected chi connectivity index (χ2v) is 15.1. The van der Waals surface area contributed by atoms with Crippen molar-refractivity contribution in [2.75, 3.05) is 0 Å². The van der Waals surface area contributed by atoms with Crippen molar-refractivity contribution in [3.05, 3.63) is 121 Å². The van der Waals surface area contributed by atoms with Crippen molar-refractivity contribution < 1.29 is 10.2 Å². The number of aromatic nitrogens is 2. The zero-order chi connectivity index (χ0) is 42.6. The van der Waals surface area contributed by atoms with Crippen molar-refractivity contribution in [1.82, 2.24) is 9.55 Å². The monoisotopic (exact) mass is 742 g/mol. The summed E-state index contributed by atoms with van der Waals surface area (Å²) in [5.41, 5.74) is 4.20. The third kappa shape index (κ3) is 6.03. The number of fused-ring (bicyclic) bond motifs is 4. The minimum absolute atomic E-state index is 0.106. The highest BCUT2D eigenvalue weighted by molar-refractivity contribution is 6.71. The molecular formula is C45H21B11N2O2. The molecule has 0 aliphatic rings. The second kappa shape index (κ2) is 14.4. The van der Waals surface area contributed by atoms with Crippen molar-refractivity contribution in [3.8, 4) is 39.1 Å². The van der Waals surface area contributed by atoms with Crippen LogP contribution in [0.1, 0.15) is 5.82 Å². The molecule has 1 heterocycles. The van der Waals surface area contributed by atoms with Gasteiger partial charge in [0.2, 0.25) is 0 Å². The second-order valence-electron chi connectivity index (χ2n) is 15.1. The van der Waals surface area contributed by atoms with Crippen LogP contribution in [0.3, 0.4) is 0 Å². The Kier molecular flexibility index (Phi) is 9.61. The number of imidazole rings is 1. The Morgan fingerprint density at radius 3 is 1.47 bits per heavy atom. The summed E-state index contributed by atoms with van der Waals surface area (Å²) in [6, 6.07) is 36.2. The van der Waals surface area contributed by atoms with Crippen LogP contribution in [0.2, 0.25) is 0 Å². The van der Waals surface area contributed by atoms with E-state index < -0.39 is 10.9 Å². The fourth-order valence-electron chi connectivity index (χ4n) is 8.27. The molecule has 2 N–H and O–H groups in total. The lowest BCUT2D eigenvalue weighted by Crippen LogP contribution is -2.54. The van der Waals surface area contributed by atoms with E-state index in [1.165, 1.54) is 0 Å². The number of para-hydroxylation sites is 2. The average molecular weight is 741 g/mol. The Morgan fingerprint density at radius 1 is 0.433 bits per heavy atom. The summed E-state index contributed by atoms with van der Waals surface area (Å²) in [4.78, 5) is 4.53. The molecule has 0 saturated carbocycles. The third-order valence-corrected chi connectivity index (χ3v) is 11.5. The Labute approximate surface area is 362 Å². The van der Waals surface area contributed by atoms with E-state index in [1.54, 1.807) is 28.8 Å². The Hall–Kier alpha value is -5.36. The maximum absolute atomic E-state index is 11.3. The standard InChI is InChI=1S/C45H21B11N2O2/c46-35-31-29(24-11-5-9-22(18-24)23-10-6-12-26(19-23)58-28-14-4-3-13-27(28)57-43(58)44(54,59)45(55,56)60)32-34(38(49)42(53)40(51)36(32)47)30(33(31)37(48)41(52)39(35)50)25-16-15-20-7-1-2-8-21(20)17-25/h1-19,59-60H. The van der Waals surface area contributed by atoms with Gasteiger partial charge >= 0.3 is 0 Å². The number of rotatable bonds is 6. The van der Waals surface area contributed by atoms with E-state index in [9.17, 15) is 10.2 Å².